The number of phosphoric acid groups is 1. The van der Waals surface area contributed by atoms with Gasteiger partial charge in [0.2, 0.25) is 0 Å². The van der Waals surface area contributed by atoms with Crippen LogP contribution in [0.4, 0.5) is 0 Å². The van der Waals surface area contributed by atoms with E-state index in [1.807, 2.05) is 85.1 Å². The lowest BCUT2D eigenvalue weighted by atomic mass is 10.1. The van der Waals surface area contributed by atoms with E-state index in [0.717, 1.165) is 44.9 Å². The van der Waals surface area contributed by atoms with E-state index in [4.69, 9.17) is 24.8 Å². The highest BCUT2D eigenvalue weighted by Crippen LogP contribution is 2.43. The van der Waals surface area contributed by atoms with E-state index in [0.29, 0.717) is 19.3 Å². The molecule has 55 heavy (non-hydrogen) atoms. The molecule has 0 aromatic heterocycles. The summed E-state index contributed by atoms with van der Waals surface area (Å²) in [5.41, 5.74) is 5.31. The van der Waals surface area contributed by atoms with Crippen molar-refractivity contribution in [1.82, 2.24) is 0 Å². The van der Waals surface area contributed by atoms with Crippen molar-refractivity contribution in [2.24, 2.45) is 5.73 Å². The van der Waals surface area contributed by atoms with Crippen LogP contribution in [-0.2, 0) is 37.5 Å². The fourth-order valence-corrected chi connectivity index (χ4v) is 5.18. The second-order valence-electron chi connectivity index (χ2n) is 12.5. The number of allylic oxidation sites excluding steroid dienone is 18. The quantitative estimate of drug-likeness (QED) is 0.0245. The van der Waals surface area contributed by atoms with Crippen LogP contribution in [0.2, 0.25) is 0 Å². The molecule has 12 heteroatoms. The van der Waals surface area contributed by atoms with E-state index in [-0.39, 0.29) is 12.8 Å². The lowest BCUT2D eigenvalue weighted by Gasteiger charge is -2.20. The fourth-order valence-electron chi connectivity index (χ4n) is 4.40. The average molecular weight is 788 g/mol. The molecule has 0 amide bonds. The van der Waals surface area contributed by atoms with Gasteiger partial charge in [-0.1, -0.05) is 155 Å². The first kappa shape index (κ1) is 51.1. The fraction of sp³-hybridized carbons (Fsp3) is 0.512. The third-order valence-electron chi connectivity index (χ3n) is 7.48. The largest absolute Gasteiger partial charge is 0.480 e. The van der Waals surface area contributed by atoms with Gasteiger partial charge in [0.25, 0.3) is 0 Å². The van der Waals surface area contributed by atoms with Crippen molar-refractivity contribution < 1.29 is 47.5 Å². The van der Waals surface area contributed by atoms with Crippen LogP contribution in [0, 0.1) is 0 Å². The predicted octanol–water partition coefficient (Wildman–Crippen LogP) is 9.88. The Kier molecular flexibility index (Phi) is 34.5. The Morgan fingerprint density at radius 3 is 1.58 bits per heavy atom. The summed E-state index contributed by atoms with van der Waals surface area (Å²) in [6.45, 7) is 2.47. The van der Waals surface area contributed by atoms with Crippen molar-refractivity contribution in [2.75, 3.05) is 19.8 Å². The summed E-state index contributed by atoms with van der Waals surface area (Å²) in [5.74, 6) is -2.53. The smallest absolute Gasteiger partial charge is 0.472 e. The Hall–Kier alpha value is -3.86. The van der Waals surface area contributed by atoms with Crippen molar-refractivity contribution in [2.45, 2.75) is 122 Å². The number of carboxylic acids is 1. The molecule has 0 heterocycles. The summed E-state index contributed by atoms with van der Waals surface area (Å²) in [6.07, 6.45) is 47.4. The zero-order chi connectivity index (χ0) is 40.7. The number of unbranched alkanes of at least 4 members (excludes halogenated alkanes) is 9. The Morgan fingerprint density at radius 1 is 0.582 bits per heavy atom. The number of nitrogens with two attached hydrogens (primary N) is 1. The van der Waals surface area contributed by atoms with Crippen molar-refractivity contribution >= 4 is 25.7 Å². The van der Waals surface area contributed by atoms with E-state index >= 15 is 0 Å². The van der Waals surface area contributed by atoms with Gasteiger partial charge in [0, 0.05) is 12.8 Å². The van der Waals surface area contributed by atoms with Gasteiger partial charge in [-0.3, -0.25) is 23.4 Å². The normalized spacial score (nSPS) is 15.0. The zero-order valence-electron chi connectivity index (χ0n) is 33.0. The van der Waals surface area contributed by atoms with Gasteiger partial charge in [0.1, 0.15) is 12.6 Å². The number of carbonyl (C=O) groups excluding carboxylic acids is 2. The van der Waals surface area contributed by atoms with Crippen molar-refractivity contribution in [3.8, 4) is 0 Å². The first-order valence-corrected chi connectivity index (χ1v) is 21.0. The average Bonchev–Trinajstić information content (AvgIpc) is 3.16. The number of aliphatic carboxylic acids is 1. The van der Waals surface area contributed by atoms with Crippen LogP contribution in [-0.4, -0.2) is 59.9 Å². The van der Waals surface area contributed by atoms with E-state index < -0.39 is 57.7 Å². The van der Waals surface area contributed by atoms with Crippen LogP contribution in [0.15, 0.2) is 109 Å². The minimum absolute atomic E-state index is 0.0518. The molecule has 0 fully saturated rings. The highest BCUT2D eigenvalue weighted by molar-refractivity contribution is 7.47. The molecule has 0 rings (SSSR count). The number of ether oxygens (including phenoxy) is 2. The van der Waals surface area contributed by atoms with E-state index in [2.05, 4.69) is 42.7 Å². The first-order chi connectivity index (χ1) is 26.6. The van der Waals surface area contributed by atoms with E-state index in [9.17, 15) is 23.8 Å². The van der Waals surface area contributed by atoms with Gasteiger partial charge in [-0.05, 0) is 51.4 Å². The van der Waals surface area contributed by atoms with Crippen LogP contribution in [0.1, 0.15) is 110 Å². The van der Waals surface area contributed by atoms with Gasteiger partial charge in [-0.25, -0.2) is 4.57 Å². The van der Waals surface area contributed by atoms with E-state index in [1.54, 1.807) is 0 Å². The highest BCUT2D eigenvalue weighted by Gasteiger charge is 2.28. The number of phosphoric ester groups is 1. The monoisotopic (exact) mass is 787 g/mol. The Balaban J connectivity index is 4.60. The zero-order valence-corrected chi connectivity index (χ0v) is 33.9. The summed E-state index contributed by atoms with van der Waals surface area (Å²) in [5, 5.41) is 8.86. The minimum atomic E-state index is -4.75. The molecular weight excluding hydrogens is 721 g/mol. The first-order valence-electron chi connectivity index (χ1n) is 19.5. The number of carbonyl (C=O) groups is 3. The molecule has 3 atom stereocenters. The lowest BCUT2D eigenvalue weighted by Crippen LogP contribution is -2.34. The molecular formula is C43H66NO10P. The maximum absolute atomic E-state index is 12.5. The minimum Gasteiger partial charge on any atom is -0.480 e. The van der Waals surface area contributed by atoms with E-state index in [1.165, 1.54) is 19.3 Å². The van der Waals surface area contributed by atoms with Crippen molar-refractivity contribution in [3.05, 3.63) is 109 Å². The molecule has 0 spiro atoms. The second kappa shape index (κ2) is 37.1. The van der Waals surface area contributed by atoms with Gasteiger partial charge in [0.15, 0.2) is 6.10 Å². The molecule has 2 unspecified atom stereocenters. The third kappa shape index (κ3) is 36.9. The van der Waals surface area contributed by atoms with Crippen molar-refractivity contribution in [3.63, 3.8) is 0 Å². The number of esters is 2. The summed E-state index contributed by atoms with van der Waals surface area (Å²) < 4.78 is 32.5. The molecule has 0 aliphatic rings. The highest BCUT2D eigenvalue weighted by atomic mass is 31.2. The molecule has 0 aliphatic carbocycles. The second-order valence-corrected chi connectivity index (χ2v) is 14.0. The number of hydrogen-bond acceptors (Lipinski definition) is 9. The maximum Gasteiger partial charge on any atom is 0.472 e. The number of rotatable bonds is 34. The molecule has 0 aromatic rings. The molecule has 0 saturated heterocycles. The standard InChI is InChI=1S/C43H66NO10P/c1-3-5-7-9-11-13-15-17-18-19-20-21-23-24-26-28-30-32-34-41(45)51-36-39(37-52-55(49,50)53-38-40(44)43(47)48)54-42(46)35-33-31-29-27-25-22-16-14-12-10-8-6-4-2/h6,8,10-22,25,27,29,39-40H,3-5,7,9,23-24,26,28,30-38,44H2,1-2H3,(H,47,48)(H,49,50)/b8-6+,12-10+,13-11+,16-14+,17-15+,19-18+,21-20+,25-22+,29-27+/t39?,40-/m1/s1. The summed E-state index contributed by atoms with van der Waals surface area (Å²) >= 11 is 0. The SMILES string of the molecule is CC/C=C/C=C/C=C/C=C/C=C/CCCC(=O)OC(COC(=O)CCCCCCC/C=C/C=C/C=C/C=C/CCCCC)COP(=O)(O)OC[C@@H](N)C(=O)O. The number of carboxylic acid groups (broad SMARTS) is 1. The molecule has 0 radical (unpaired) electrons. The van der Waals surface area contributed by atoms with Gasteiger partial charge < -0.3 is 25.2 Å². The molecule has 0 aliphatic heterocycles. The van der Waals surface area contributed by atoms with Gasteiger partial charge in [0.05, 0.1) is 13.2 Å². The van der Waals surface area contributed by atoms with Crippen LogP contribution in [0.3, 0.4) is 0 Å². The predicted molar refractivity (Wildman–Crippen MR) is 221 cm³/mol. The Labute approximate surface area is 329 Å². The van der Waals surface area contributed by atoms with Gasteiger partial charge >= 0.3 is 25.7 Å². The lowest BCUT2D eigenvalue weighted by molar-refractivity contribution is -0.161. The molecule has 4 N–H and O–H groups in total. The topological polar surface area (TPSA) is 172 Å². The van der Waals surface area contributed by atoms with Crippen LogP contribution in [0.25, 0.3) is 0 Å². The van der Waals surface area contributed by atoms with Gasteiger partial charge in [-0.2, -0.15) is 0 Å². The number of hydrogen-bond donors (Lipinski definition) is 3. The third-order valence-corrected chi connectivity index (χ3v) is 8.43. The summed E-state index contributed by atoms with van der Waals surface area (Å²) in [6, 6.07) is -1.54. The Bertz CT molecular complexity index is 1340. The van der Waals surface area contributed by atoms with Crippen LogP contribution < -0.4 is 5.73 Å². The molecule has 308 valence electrons. The molecule has 11 nitrogen and oxygen atoms in total. The summed E-state index contributed by atoms with van der Waals surface area (Å²) in [7, 11) is -4.75. The molecule has 0 saturated carbocycles. The van der Waals surface area contributed by atoms with Crippen LogP contribution in [0.5, 0.6) is 0 Å². The maximum atomic E-state index is 12.5. The van der Waals surface area contributed by atoms with Gasteiger partial charge in [-0.15, -0.1) is 0 Å². The molecule has 0 aromatic carbocycles. The Morgan fingerprint density at radius 2 is 1.04 bits per heavy atom. The molecule has 0 bridgehead atoms. The summed E-state index contributed by atoms with van der Waals surface area (Å²) in [4.78, 5) is 45.8. The van der Waals surface area contributed by atoms with Crippen molar-refractivity contribution in [1.29, 1.82) is 0 Å². The van der Waals surface area contributed by atoms with Crippen LogP contribution >= 0.6 is 7.82 Å².